The maximum atomic E-state index is 13.5. The number of carbonyl (C=O) groups excluding carboxylic acids is 2. The second-order valence-corrected chi connectivity index (χ2v) is 15.7. The summed E-state index contributed by atoms with van der Waals surface area (Å²) in [7, 11) is 6.39. The Kier molecular flexibility index (Phi) is 10.5. The Labute approximate surface area is 300 Å². The number of unbranched alkanes of at least 4 members (excludes halogenated alkanes) is 1. The van der Waals surface area contributed by atoms with Crippen LogP contribution >= 0.6 is 23.5 Å². The van der Waals surface area contributed by atoms with Crippen LogP contribution < -0.4 is 28.4 Å². The third-order valence-corrected chi connectivity index (χ3v) is 13.1. The lowest BCUT2D eigenvalue weighted by Crippen LogP contribution is -2.36. The molecule has 0 aromatic heterocycles. The number of ether oxygens (including phenoxy) is 8. The number of methoxy groups -OCH3 is 4. The predicted molar refractivity (Wildman–Crippen MR) is 190 cm³/mol. The number of hydrogen-bond acceptors (Lipinski definition) is 12. The first-order chi connectivity index (χ1) is 24.4. The van der Waals surface area contributed by atoms with Crippen molar-refractivity contribution < 1.29 is 47.5 Å². The van der Waals surface area contributed by atoms with Crippen molar-refractivity contribution in [2.45, 2.75) is 54.0 Å². The van der Waals surface area contributed by atoms with Crippen LogP contribution in [0.25, 0.3) is 0 Å². The molecule has 0 spiro atoms. The average molecular weight is 723 g/mol. The second kappa shape index (κ2) is 15.1. The van der Waals surface area contributed by atoms with Crippen LogP contribution in [-0.4, -0.2) is 64.8 Å². The fourth-order valence-corrected chi connectivity index (χ4v) is 11.1. The Morgan fingerprint density at radius 3 is 2.28 bits per heavy atom. The van der Waals surface area contributed by atoms with Crippen LogP contribution in [-0.2, 0) is 19.1 Å². The molecule has 0 N–H and O–H groups in total. The van der Waals surface area contributed by atoms with Gasteiger partial charge in [0.25, 0.3) is 0 Å². The predicted octanol–water partition coefficient (Wildman–Crippen LogP) is 7.47. The normalized spacial score (nSPS) is 24.8. The summed E-state index contributed by atoms with van der Waals surface area (Å²) in [6, 6.07) is 15.7. The number of cyclic esters (lactones) is 1. The van der Waals surface area contributed by atoms with Gasteiger partial charge in [-0.15, -0.1) is 23.5 Å². The monoisotopic (exact) mass is 722 g/mol. The van der Waals surface area contributed by atoms with Crippen LogP contribution in [0.5, 0.6) is 34.5 Å². The van der Waals surface area contributed by atoms with E-state index in [1.807, 2.05) is 59.9 Å². The molecule has 4 aliphatic rings. The number of hydrogen-bond donors (Lipinski definition) is 0. The SMILES string of the molecule is COc1ccccc1C1SCCC(CCCCC(=O)O[C@H]2c3cc4c(cc3[C@@H](c3cc(OC)c(OC)c(OC)c3)[C@H]3C(=O)OC[C@@H]32)OCO4)S1. The Morgan fingerprint density at radius 1 is 0.840 bits per heavy atom. The van der Waals surface area contributed by atoms with Crippen molar-refractivity contribution in [3.05, 3.63) is 70.8 Å². The van der Waals surface area contributed by atoms with E-state index in [0.29, 0.717) is 45.0 Å². The summed E-state index contributed by atoms with van der Waals surface area (Å²) < 4.78 is 46.3. The third kappa shape index (κ3) is 6.64. The van der Waals surface area contributed by atoms with Gasteiger partial charge in [0.2, 0.25) is 12.5 Å². The number of benzene rings is 3. The Bertz CT molecular complexity index is 1700. The highest BCUT2D eigenvalue weighted by molar-refractivity contribution is 8.17. The van der Waals surface area contributed by atoms with Gasteiger partial charge in [0.1, 0.15) is 11.9 Å². The molecule has 0 radical (unpaired) electrons. The van der Waals surface area contributed by atoms with Gasteiger partial charge < -0.3 is 37.9 Å². The number of thioether (sulfide) groups is 2. The lowest BCUT2D eigenvalue weighted by Gasteiger charge is -2.38. The van der Waals surface area contributed by atoms with Crippen LogP contribution in [0.3, 0.4) is 0 Å². The van der Waals surface area contributed by atoms with Crippen LogP contribution in [0.2, 0.25) is 0 Å². The summed E-state index contributed by atoms with van der Waals surface area (Å²) >= 11 is 3.96. The summed E-state index contributed by atoms with van der Waals surface area (Å²) in [5.74, 6) is 2.49. The van der Waals surface area contributed by atoms with Gasteiger partial charge in [0.15, 0.2) is 23.0 Å². The molecule has 3 aliphatic heterocycles. The molecule has 2 fully saturated rings. The largest absolute Gasteiger partial charge is 0.496 e. The first-order valence-electron chi connectivity index (χ1n) is 16.9. The van der Waals surface area contributed by atoms with Crippen LogP contribution in [0.1, 0.15) is 71.0 Å². The number of carbonyl (C=O) groups is 2. The number of fused-ring (bicyclic) bond motifs is 3. The van der Waals surface area contributed by atoms with E-state index < -0.39 is 23.9 Å². The van der Waals surface area contributed by atoms with Crippen molar-refractivity contribution in [1.29, 1.82) is 0 Å². The Hall–Kier alpha value is -3.90. The third-order valence-electron chi connectivity index (χ3n) is 10.00. The smallest absolute Gasteiger partial charge is 0.310 e. The van der Waals surface area contributed by atoms with Crippen molar-refractivity contribution in [2.24, 2.45) is 11.8 Å². The zero-order valence-corrected chi connectivity index (χ0v) is 30.3. The molecule has 50 heavy (non-hydrogen) atoms. The highest BCUT2D eigenvalue weighted by Gasteiger charge is 2.54. The molecule has 0 amide bonds. The quantitative estimate of drug-likeness (QED) is 0.137. The molecule has 2 unspecified atom stereocenters. The lowest BCUT2D eigenvalue weighted by atomic mass is 9.66. The summed E-state index contributed by atoms with van der Waals surface area (Å²) in [5.41, 5.74) is 3.59. The maximum absolute atomic E-state index is 13.5. The summed E-state index contributed by atoms with van der Waals surface area (Å²) in [5, 5.41) is 0.520. The maximum Gasteiger partial charge on any atom is 0.310 e. The fraction of sp³-hybridized carbons (Fsp3) is 0.474. The van der Waals surface area contributed by atoms with Crippen molar-refractivity contribution in [1.82, 2.24) is 0 Å². The summed E-state index contributed by atoms with van der Waals surface area (Å²) in [4.78, 5) is 27.0. The van der Waals surface area contributed by atoms with E-state index in [9.17, 15) is 9.59 Å². The number of para-hydroxylation sites is 1. The molecule has 3 aromatic rings. The standard InChI is InChI=1S/C38H42O10S2/c1-41-27-11-7-6-10-23(27)38-49-14-13-22(50-38)9-5-8-12-32(39)48-35-25-18-29-28(46-20-47-29)17-24(25)33(34-26(35)19-45-37(34)40)21-15-30(42-2)36(44-4)31(16-21)43-3/h6-7,10-11,15-18,22,26,33-35,38H,5,8-9,12-14,19-20H2,1-4H3/t22?,26-,33+,34-,35-,38?/m0/s1. The van der Waals surface area contributed by atoms with Gasteiger partial charge in [0.05, 0.1) is 45.5 Å². The highest BCUT2D eigenvalue weighted by Crippen LogP contribution is 2.57. The minimum atomic E-state index is -0.686. The van der Waals surface area contributed by atoms with E-state index in [1.165, 1.54) is 5.56 Å². The van der Waals surface area contributed by atoms with Crippen LogP contribution in [0, 0.1) is 11.8 Å². The Balaban J connectivity index is 1.08. The lowest BCUT2D eigenvalue weighted by molar-refractivity contribution is -0.154. The minimum absolute atomic E-state index is 0.0873. The molecule has 0 bridgehead atoms. The molecular weight excluding hydrogens is 681 g/mol. The van der Waals surface area contributed by atoms with E-state index in [-0.39, 0.29) is 25.3 Å². The molecule has 0 saturated carbocycles. The van der Waals surface area contributed by atoms with E-state index in [4.69, 9.17) is 37.9 Å². The summed E-state index contributed by atoms with van der Waals surface area (Å²) in [6.45, 7) is 0.227. The van der Waals surface area contributed by atoms with Gasteiger partial charge in [-0.25, -0.2) is 0 Å². The van der Waals surface area contributed by atoms with E-state index in [2.05, 4.69) is 12.1 Å². The van der Waals surface area contributed by atoms with Gasteiger partial charge in [-0.1, -0.05) is 24.6 Å². The van der Waals surface area contributed by atoms with E-state index >= 15 is 0 Å². The van der Waals surface area contributed by atoms with Gasteiger partial charge in [-0.3, -0.25) is 9.59 Å². The van der Waals surface area contributed by atoms with Crippen molar-refractivity contribution >= 4 is 35.5 Å². The summed E-state index contributed by atoms with van der Waals surface area (Å²) in [6.07, 6.45) is 3.43. The second-order valence-electron chi connectivity index (χ2n) is 12.7. The van der Waals surface area contributed by atoms with Crippen LogP contribution in [0.15, 0.2) is 48.5 Å². The molecule has 7 rings (SSSR count). The number of rotatable bonds is 12. The van der Waals surface area contributed by atoms with E-state index in [1.54, 1.807) is 28.4 Å². The molecular formula is C38H42O10S2. The molecule has 12 heteroatoms. The molecule has 1 aliphatic carbocycles. The zero-order chi connectivity index (χ0) is 34.8. The topological polar surface area (TPSA) is 108 Å². The number of esters is 2. The van der Waals surface area contributed by atoms with Crippen molar-refractivity contribution in [2.75, 3.05) is 47.6 Å². The molecule has 3 aromatic carbocycles. The molecule has 2 saturated heterocycles. The first kappa shape index (κ1) is 34.5. The molecule has 3 heterocycles. The Morgan fingerprint density at radius 2 is 1.56 bits per heavy atom. The minimum Gasteiger partial charge on any atom is -0.496 e. The first-order valence-corrected chi connectivity index (χ1v) is 18.9. The van der Waals surface area contributed by atoms with Gasteiger partial charge in [0, 0.05) is 34.6 Å². The van der Waals surface area contributed by atoms with E-state index in [0.717, 1.165) is 53.9 Å². The van der Waals surface area contributed by atoms with Crippen molar-refractivity contribution in [3.63, 3.8) is 0 Å². The molecule has 10 nitrogen and oxygen atoms in total. The van der Waals surface area contributed by atoms with Gasteiger partial charge in [-0.05, 0) is 66.5 Å². The van der Waals surface area contributed by atoms with Gasteiger partial charge in [-0.2, -0.15) is 0 Å². The van der Waals surface area contributed by atoms with Gasteiger partial charge >= 0.3 is 11.9 Å². The van der Waals surface area contributed by atoms with Crippen LogP contribution in [0.4, 0.5) is 0 Å². The molecule has 266 valence electrons. The molecule has 6 atom stereocenters. The zero-order valence-electron chi connectivity index (χ0n) is 28.6. The van der Waals surface area contributed by atoms with Crippen molar-refractivity contribution in [3.8, 4) is 34.5 Å². The highest BCUT2D eigenvalue weighted by atomic mass is 32.2. The fourth-order valence-electron chi connectivity index (χ4n) is 7.61. The average Bonchev–Trinajstić information content (AvgIpc) is 3.78.